The molecular formula is C19H31N3O. The van der Waals surface area contributed by atoms with E-state index in [1.165, 1.54) is 30.7 Å². The molecule has 0 aromatic carbocycles. The van der Waals surface area contributed by atoms with Gasteiger partial charge >= 0.3 is 0 Å². The zero-order chi connectivity index (χ0) is 16.4. The van der Waals surface area contributed by atoms with Crippen LogP contribution in [0.15, 0.2) is 12.1 Å². The van der Waals surface area contributed by atoms with Crippen molar-refractivity contribution in [2.45, 2.75) is 71.5 Å². The van der Waals surface area contributed by atoms with Crippen molar-refractivity contribution in [2.75, 3.05) is 13.1 Å². The van der Waals surface area contributed by atoms with Crippen LogP contribution in [0.3, 0.4) is 0 Å². The van der Waals surface area contributed by atoms with Gasteiger partial charge in [-0.05, 0) is 70.9 Å². The summed E-state index contributed by atoms with van der Waals surface area (Å²) in [5.41, 5.74) is 2.72. The molecule has 4 nitrogen and oxygen atoms in total. The largest absolute Gasteiger partial charge is 0.349 e. The summed E-state index contributed by atoms with van der Waals surface area (Å²) in [6.07, 6.45) is 5.98. The van der Waals surface area contributed by atoms with Crippen molar-refractivity contribution < 1.29 is 4.79 Å². The van der Waals surface area contributed by atoms with E-state index in [1.54, 1.807) is 0 Å². The Morgan fingerprint density at radius 2 is 1.96 bits per heavy atom. The highest BCUT2D eigenvalue weighted by Crippen LogP contribution is 2.28. The molecule has 1 aromatic rings. The van der Waals surface area contributed by atoms with Gasteiger partial charge in [-0.2, -0.15) is 0 Å². The normalized spacial score (nSPS) is 27.8. The van der Waals surface area contributed by atoms with Crippen molar-refractivity contribution in [3.63, 3.8) is 0 Å². The average Bonchev–Trinajstić information content (AvgIpc) is 3.22. The summed E-state index contributed by atoms with van der Waals surface area (Å²) in [6.45, 7) is 9.13. The van der Waals surface area contributed by atoms with E-state index in [2.05, 4.69) is 42.8 Å². The number of rotatable bonds is 5. The van der Waals surface area contributed by atoms with Gasteiger partial charge in [-0.1, -0.05) is 0 Å². The first-order chi connectivity index (χ1) is 11.0. The molecule has 1 saturated carbocycles. The minimum absolute atomic E-state index is 0.288. The van der Waals surface area contributed by atoms with Crippen LogP contribution in [0.25, 0.3) is 0 Å². The molecule has 3 atom stereocenters. The Balaban J connectivity index is 1.44. The number of hydrogen-bond donors (Lipinski definition) is 1. The first kappa shape index (κ1) is 16.6. The molecule has 1 saturated heterocycles. The van der Waals surface area contributed by atoms with E-state index in [1.807, 2.05) is 4.90 Å². The van der Waals surface area contributed by atoms with Gasteiger partial charge in [0.15, 0.2) is 0 Å². The fourth-order valence-electron chi connectivity index (χ4n) is 4.31. The molecule has 1 N–H and O–H groups in total. The fourth-order valence-corrected chi connectivity index (χ4v) is 4.31. The Labute approximate surface area is 140 Å². The van der Waals surface area contributed by atoms with Gasteiger partial charge in [0.05, 0.1) is 6.54 Å². The molecule has 0 spiro atoms. The van der Waals surface area contributed by atoms with Crippen LogP contribution < -0.4 is 5.32 Å². The van der Waals surface area contributed by atoms with Crippen molar-refractivity contribution in [3.05, 3.63) is 23.5 Å². The van der Waals surface area contributed by atoms with Crippen LogP contribution in [-0.4, -0.2) is 40.5 Å². The van der Waals surface area contributed by atoms with Crippen molar-refractivity contribution >= 4 is 5.91 Å². The molecule has 1 aromatic heterocycles. The van der Waals surface area contributed by atoms with Crippen LogP contribution in [-0.2, 0) is 11.3 Å². The molecule has 1 amide bonds. The van der Waals surface area contributed by atoms with E-state index in [0.717, 1.165) is 31.8 Å². The second-order valence-corrected chi connectivity index (χ2v) is 7.56. The van der Waals surface area contributed by atoms with Gasteiger partial charge in [0.1, 0.15) is 0 Å². The van der Waals surface area contributed by atoms with E-state index < -0.39 is 0 Å². The van der Waals surface area contributed by atoms with E-state index in [0.29, 0.717) is 18.6 Å². The highest BCUT2D eigenvalue weighted by atomic mass is 16.2. The van der Waals surface area contributed by atoms with E-state index in [9.17, 15) is 4.79 Å². The average molecular weight is 317 g/mol. The van der Waals surface area contributed by atoms with Crippen molar-refractivity contribution in [2.24, 2.45) is 5.92 Å². The number of likely N-dealkylation sites (tertiary alicyclic amines) is 1. The Hall–Kier alpha value is -1.29. The van der Waals surface area contributed by atoms with Crippen LogP contribution in [0.1, 0.15) is 50.4 Å². The molecule has 2 heterocycles. The number of aryl methyl sites for hydroxylation is 2. The Kier molecular flexibility index (Phi) is 5.10. The van der Waals surface area contributed by atoms with Crippen LogP contribution in [0.2, 0.25) is 0 Å². The lowest BCUT2D eigenvalue weighted by Crippen LogP contribution is -2.42. The molecular weight excluding hydrogens is 286 g/mol. The third kappa shape index (κ3) is 3.79. The zero-order valence-electron chi connectivity index (χ0n) is 14.8. The highest BCUT2D eigenvalue weighted by Gasteiger charge is 2.28. The van der Waals surface area contributed by atoms with E-state index in [-0.39, 0.29) is 5.91 Å². The summed E-state index contributed by atoms with van der Waals surface area (Å²) in [6, 6.07) is 5.35. The van der Waals surface area contributed by atoms with Gasteiger partial charge in [-0.3, -0.25) is 4.79 Å². The molecule has 0 bridgehead atoms. The molecule has 0 unspecified atom stereocenters. The molecule has 128 valence electrons. The van der Waals surface area contributed by atoms with Crippen molar-refractivity contribution in [3.8, 4) is 0 Å². The number of amides is 1. The lowest BCUT2D eigenvalue weighted by Gasteiger charge is -2.23. The molecule has 2 aliphatic rings. The van der Waals surface area contributed by atoms with E-state index >= 15 is 0 Å². The monoisotopic (exact) mass is 317 g/mol. The van der Waals surface area contributed by atoms with Crippen LogP contribution in [0, 0.1) is 19.8 Å². The molecule has 2 fully saturated rings. The van der Waals surface area contributed by atoms with E-state index in [4.69, 9.17) is 0 Å². The standard InChI is InChI=1S/C19H31N3O/c1-14-5-4-10-21(14)19(23)12-20-18-9-8-17(11-18)13-22-15(2)6-7-16(22)3/h6-7,14,17-18,20H,4-5,8-13H2,1-3H3/t14-,17+,18-/m1/s1. The number of hydrogen-bond acceptors (Lipinski definition) is 2. The second kappa shape index (κ2) is 7.08. The number of nitrogens with one attached hydrogen (secondary N) is 1. The third-order valence-electron chi connectivity index (χ3n) is 5.81. The van der Waals surface area contributed by atoms with Crippen molar-refractivity contribution in [1.82, 2.24) is 14.8 Å². The van der Waals surface area contributed by atoms with Crippen molar-refractivity contribution in [1.29, 1.82) is 0 Å². The minimum atomic E-state index is 0.288. The molecule has 23 heavy (non-hydrogen) atoms. The molecule has 4 heteroatoms. The molecule has 1 aliphatic carbocycles. The van der Waals surface area contributed by atoms with Crippen LogP contribution in [0.5, 0.6) is 0 Å². The molecule has 3 rings (SSSR count). The second-order valence-electron chi connectivity index (χ2n) is 7.56. The SMILES string of the molecule is Cc1ccc(C)n1C[C@H]1CC[C@@H](NCC(=O)N2CCC[C@H]2C)C1. The maximum Gasteiger partial charge on any atom is 0.236 e. The summed E-state index contributed by atoms with van der Waals surface area (Å²) in [7, 11) is 0. The van der Waals surface area contributed by atoms with Gasteiger partial charge in [0.2, 0.25) is 5.91 Å². The van der Waals surface area contributed by atoms with Gasteiger partial charge in [-0.15, -0.1) is 0 Å². The minimum Gasteiger partial charge on any atom is -0.349 e. The van der Waals surface area contributed by atoms with Gasteiger partial charge in [0.25, 0.3) is 0 Å². The van der Waals surface area contributed by atoms with Gasteiger partial charge < -0.3 is 14.8 Å². The molecule has 0 radical (unpaired) electrons. The quantitative estimate of drug-likeness (QED) is 0.907. The summed E-state index contributed by atoms with van der Waals surface area (Å²) in [4.78, 5) is 14.3. The Bertz CT molecular complexity index is 531. The van der Waals surface area contributed by atoms with Crippen LogP contribution >= 0.6 is 0 Å². The third-order valence-corrected chi connectivity index (χ3v) is 5.81. The zero-order valence-corrected chi connectivity index (χ0v) is 14.8. The smallest absolute Gasteiger partial charge is 0.236 e. The maximum atomic E-state index is 12.3. The van der Waals surface area contributed by atoms with Gasteiger partial charge in [0, 0.05) is 36.6 Å². The lowest BCUT2D eigenvalue weighted by atomic mass is 10.1. The number of aromatic nitrogens is 1. The Morgan fingerprint density at radius 3 is 2.61 bits per heavy atom. The Morgan fingerprint density at radius 1 is 1.22 bits per heavy atom. The predicted octanol–water partition coefficient (Wildman–Crippen LogP) is 2.87. The summed E-state index contributed by atoms with van der Waals surface area (Å²) in [5, 5.41) is 3.52. The predicted molar refractivity (Wildman–Crippen MR) is 93.4 cm³/mol. The topological polar surface area (TPSA) is 37.3 Å². The first-order valence-electron chi connectivity index (χ1n) is 9.20. The highest BCUT2D eigenvalue weighted by molar-refractivity contribution is 5.78. The number of carbonyl (C=O) groups excluding carboxylic acids is 1. The lowest BCUT2D eigenvalue weighted by molar-refractivity contribution is -0.130. The van der Waals surface area contributed by atoms with Crippen LogP contribution in [0.4, 0.5) is 0 Å². The first-order valence-corrected chi connectivity index (χ1v) is 9.20. The molecule has 1 aliphatic heterocycles. The van der Waals surface area contributed by atoms with Gasteiger partial charge in [-0.25, -0.2) is 0 Å². The maximum absolute atomic E-state index is 12.3. The summed E-state index contributed by atoms with van der Waals surface area (Å²) >= 11 is 0. The fraction of sp³-hybridized carbons (Fsp3) is 0.737. The number of carbonyl (C=O) groups is 1. The number of nitrogens with zero attached hydrogens (tertiary/aromatic N) is 2. The summed E-state index contributed by atoms with van der Waals surface area (Å²) in [5.74, 6) is 1.02. The summed E-state index contributed by atoms with van der Waals surface area (Å²) < 4.78 is 2.43.